The second-order valence-electron chi connectivity index (χ2n) is 3.94. The smallest absolute Gasteiger partial charge is 0.133 e. The van der Waals surface area contributed by atoms with Crippen molar-refractivity contribution in [3.63, 3.8) is 0 Å². The molecule has 2 aromatic carbocycles. The molecular weight excluding hydrogens is 377 g/mol. The predicted octanol–water partition coefficient (Wildman–Crippen LogP) is 4.97. The van der Waals surface area contributed by atoms with Crippen LogP contribution in [0.25, 0.3) is 0 Å². The van der Waals surface area contributed by atoms with Crippen LogP contribution in [-0.4, -0.2) is 7.11 Å². The summed E-state index contributed by atoms with van der Waals surface area (Å²) in [5.41, 5.74) is 1.96. The highest BCUT2D eigenvalue weighted by Gasteiger charge is 2.04. The van der Waals surface area contributed by atoms with E-state index < -0.39 is 0 Å². The molecule has 19 heavy (non-hydrogen) atoms. The average molecular weight is 389 g/mol. The van der Waals surface area contributed by atoms with E-state index in [0.29, 0.717) is 6.54 Å². The van der Waals surface area contributed by atoms with E-state index in [1.165, 1.54) is 12.1 Å². The first-order chi connectivity index (χ1) is 9.10. The maximum absolute atomic E-state index is 13.0. The molecule has 0 fully saturated rings. The van der Waals surface area contributed by atoms with Gasteiger partial charge >= 0.3 is 0 Å². The van der Waals surface area contributed by atoms with Crippen molar-refractivity contribution in [2.24, 2.45) is 0 Å². The van der Waals surface area contributed by atoms with E-state index in [0.717, 1.165) is 25.9 Å². The van der Waals surface area contributed by atoms with Crippen LogP contribution in [0.4, 0.5) is 10.1 Å². The molecule has 0 aliphatic rings. The molecule has 2 nitrogen and oxygen atoms in total. The van der Waals surface area contributed by atoms with Crippen molar-refractivity contribution in [2.75, 3.05) is 12.4 Å². The lowest BCUT2D eigenvalue weighted by molar-refractivity contribution is 0.412. The number of methoxy groups -OCH3 is 1. The number of hydrogen-bond donors (Lipinski definition) is 1. The zero-order valence-electron chi connectivity index (χ0n) is 10.2. The van der Waals surface area contributed by atoms with Gasteiger partial charge in [0.15, 0.2) is 0 Å². The Kier molecular flexibility index (Phi) is 4.82. The van der Waals surface area contributed by atoms with Crippen molar-refractivity contribution < 1.29 is 9.13 Å². The topological polar surface area (TPSA) is 21.3 Å². The summed E-state index contributed by atoms with van der Waals surface area (Å²) in [5, 5.41) is 3.28. The predicted molar refractivity (Wildman–Crippen MR) is 82.1 cm³/mol. The summed E-state index contributed by atoms with van der Waals surface area (Å²) in [7, 11) is 1.63. The Bertz CT molecular complexity index is 590. The Morgan fingerprint density at radius 3 is 2.53 bits per heavy atom. The van der Waals surface area contributed by atoms with Crippen LogP contribution in [0.1, 0.15) is 5.56 Å². The Morgan fingerprint density at radius 1 is 1.11 bits per heavy atom. The van der Waals surface area contributed by atoms with Crippen molar-refractivity contribution in [1.29, 1.82) is 0 Å². The minimum atomic E-state index is -0.247. The molecule has 0 aliphatic carbocycles. The van der Waals surface area contributed by atoms with Crippen LogP contribution >= 0.6 is 31.9 Å². The zero-order valence-corrected chi connectivity index (χ0v) is 13.4. The maximum atomic E-state index is 13.0. The van der Waals surface area contributed by atoms with E-state index >= 15 is 0 Å². The normalized spacial score (nSPS) is 10.3. The summed E-state index contributed by atoms with van der Waals surface area (Å²) in [6.07, 6.45) is 0. The maximum Gasteiger partial charge on any atom is 0.133 e. The first-order valence-electron chi connectivity index (χ1n) is 5.61. The lowest BCUT2D eigenvalue weighted by atomic mass is 10.2. The molecule has 100 valence electrons. The van der Waals surface area contributed by atoms with Gasteiger partial charge in [0.2, 0.25) is 0 Å². The molecule has 0 amide bonds. The third kappa shape index (κ3) is 3.70. The number of rotatable bonds is 4. The lowest BCUT2D eigenvalue weighted by Gasteiger charge is -2.10. The van der Waals surface area contributed by atoms with Crippen molar-refractivity contribution in [1.82, 2.24) is 0 Å². The molecule has 0 aromatic heterocycles. The van der Waals surface area contributed by atoms with Gasteiger partial charge in [-0.25, -0.2) is 4.39 Å². The zero-order chi connectivity index (χ0) is 13.8. The Morgan fingerprint density at radius 2 is 1.89 bits per heavy atom. The minimum Gasteiger partial charge on any atom is -0.496 e. The van der Waals surface area contributed by atoms with Crippen LogP contribution < -0.4 is 10.1 Å². The molecule has 0 spiro atoms. The molecule has 0 saturated heterocycles. The van der Waals surface area contributed by atoms with Crippen molar-refractivity contribution in [3.05, 3.63) is 56.7 Å². The fraction of sp³-hybridized carbons (Fsp3) is 0.143. The van der Waals surface area contributed by atoms with Gasteiger partial charge in [0.25, 0.3) is 0 Å². The SMILES string of the molecule is COc1ccc(NCc2ccc(F)cc2Br)cc1Br. The van der Waals surface area contributed by atoms with E-state index in [1.54, 1.807) is 13.2 Å². The van der Waals surface area contributed by atoms with Crippen molar-refractivity contribution in [2.45, 2.75) is 6.54 Å². The number of benzene rings is 2. The quantitative estimate of drug-likeness (QED) is 0.798. The Hall–Kier alpha value is -1.07. The summed E-state index contributed by atoms with van der Waals surface area (Å²) >= 11 is 6.78. The molecule has 0 saturated carbocycles. The molecule has 1 N–H and O–H groups in total. The average Bonchev–Trinajstić information content (AvgIpc) is 2.38. The molecule has 5 heteroatoms. The van der Waals surface area contributed by atoms with Crippen LogP contribution in [0.3, 0.4) is 0 Å². The first kappa shape index (κ1) is 14.3. The molecule has 0 aliphatic heterocycles. The van der Waals surface area contributed by atoms with E-state index in [1.807, 2.05) is 18.2 Å². The van der Waals surface area contributed by atoms with Gasteiger partial charge in [-0.15, -0.1) is 0 Å². The van der Waals surface area contributed by atoms with Crippen molar-refractivity contribution in [3.8, 4) is 5.75 Å². The van der Waals surface area contributed by atoms with E-state index in [4.69, 9.17) is 4.74 Å². The number of nitrogens with one attached hydrogen (secondary N) is 1. The van der Waals surface area contributed by atoms with Crippen LogP contribution in [-0.2, 0) is 6.54 Å². The van der Waals surface area contributed by atoms with E-state index in [9.17, 15) is 4.39 Å². The summed E-state index contributed by atoms with van der Waals surface area (Å²) in [6.45, 7) is 0.611. The molecule has 0 radical (unpaired) electrons. The first-order valence-corrected chi connectivity index (χ1v) is 7.20. The summed E-state index contributed by atoms with van der Waals surface area (Å²) in [4.78, 5) is 0. The number of halogens is 3. The molecule has 0 atom stereocenters. The fourth-order valence-corrected chi connectivity index (χ4v) is 2.67. The number of anilines is 1. The van der Waals surface area contributed by atoms with Crippen LogP contribution in [0.5, 0.6) is 5.75 Å². The molecule has 2 rings (SSSR count). The van der Waals surface area contributed by atoms with Gasteiger partial charge in [-0.3, -0.25) is 0 Å². The van der Waals surface area contributed by atoms with Gasteiger partial charge in [-0.1, -0.05) is 22.0 Å². The highest BCUT2D eigenvalue weighted by atomic mass is 79.9. The second kappa shape index (κ2) is 6.39. The van der Waals surface area contributed by atoms with Gasteiger partial charge in [-0.2, -0.15) is 0 Å². The van der Waals surface area contributed by atoms with Gasteiger partial charge < -0.3 is 10.1 Å². The molecule has 0 heterocycles. The summed E-state index contributed by atoms with van der Waals surface area (Å²) < 4.78 is 19.8. The van der Waals surface area contributed by atoms with E-state index in [2.05, 4.69) is 37.2 Å². The van der Waals surface area contributed by atoms with Gasteiger partial charge in [0, 0.05) is 16.7 Å². The largest absolute Gasteiger partial charge is 0.496 e. The molecule has 2 aromatic rings. The second-order valence-corrected chi connectivity index (χ2v) is 5.65. The third-order valence-corrected chi connectivity index (χ3v) is 4.01. The summed E-state index contributed by atoms with van der Waals surface area (Å²) in [5.74, 6) is 0.538. The van der Waals surface area contributed by atoms with Gasteiger partial charge in [-0.05, 0) is 51.8 Å². The lowest BCUT2D eigenvalue weighted by Crippen LogP contribution is -2.00. The van der Waals surface area contributed by atoms with Crippen LogP contribution in [0.15, 0.2) is 45.3 Å². The summed E-state index contributed by atoms with van der Waals surface area (Å²) in [6, 6.07) is 10.4. The Labute approximate surface area is 128 Å². The standard InChI is InChI=1S/C14H12Br2FNO/c1-19-14-5-4-11(7-13(14)16)18-8-9-2-3-10(17)6-12(9)15/h2-7,18H,8H2,1H3. The third-order valence-electron chi connectivity index (χ3n) is 2.65. The monoisotopic (exact) mass is 387 g/mol. The number of ether oxygens (including phenoxy) is 1. The Balaban J connectivity index is 2.08. The molecule has 0 unspecified atom stereocenters. The minimum absolute atomic E-state index is 0.247. The van der Waals surface area contributed by atoms with Crippen LogP contribution in [0, 0.1) is 5.82 Å². The van der Waals surface area contributed by atoms with Crippen LogP contribution in [0.2, 0.25) is 0 Å². The fourth-order valence-electron chi connectivity index (χ4n) is 1.64. The van der Waals surface area contributed by atoms with Gasteiger partial charge in [0.05, 0.1) is 11.6 Å². The highest BCUT2D eigenvalue weighted by Crippen LogP contribution is 2.28. The van der Waals surface area contributed by atoms with E-state index in [-0.39, 0.29) is 5.82 Å². The number of hydrogen-bond acceptors (Lipinski definition) is 2. The van der Waals surface area contributed by atoms with Crippen molar-refractivity contribution >= 4 is 37.5 Å². The molecular formula is C14H12Br2FNO. The highest BCUT2D eigenvalue weighted by molar-refractivity contribution is 9.10. The van der Waals surface area contributed by atoms with Gasteiger partial charge in [0.1, 0.15) is 11.6 Å². The molecule has 0 bridgehead atoms.